The largest absolute Gasteiger partial charge is 0.483 e. The number of likely N-dealkylation sites (tertiary alicyclic amines) is 1. The lowest BCUT2D eigenvalue weighted by Crippen LogP contribution is -2.59. The average molecular weight is 834 g/mol. The van der Waals surface area contributed by atoms with Gasteiger partial charge in [0.15, 0.2) is 12.3 Å². The normalized spacial score (nSPS) is 19.7. The minimum Gasteiger partial charge on any atom is -0.483 e. The molecule has 6 N–H and O–H groups in total. The number of nitrogens with zero attached hydrogens (tertiary/aromatic N) is 2. The lowest BCUT2D eigenvalue weighted by Gasteiger charge is -2.35. The number of thiazole rings is 1. The van der Waals surface area contributed by atoms with Crippen LogP contribution in [0.5, 0.6) is 5.75 Å². The quantitative estimate of drug-likeness (QED) is 0.110. The molecule has 16 heteroatoms. The Kier molecular flexibility index (Phi) is 13.7. The van der Waals surface area contributed by atoms with E-state index in [1.54, 1.807) is 38.4 Å². The molecule has 1 aromatic heterocycles. The summed E-state index contributed by atoms with van der Waals surface area (Å²) in [4.78, 5) is 72.4. The lowest BCUT2D eigenvalue weighted by molar-refractivity contribution is -0.145. The number of aliphatic hydroxyl groups excluding tert-OH is 1. The van der Waals surface area contributed by atoms with Crippen molar-refractivity contribution in [1.82, 2.24) is 36.5 Å². The molecule has 5 amide bonds. The van der Waals surface area contributed by atoms with Crippen LogP contribution in [0, 0.1) is 12.3 Å². The maximum Gasteiger partial charge on any atom is 0.258 e. The van der Waals surface area contributed by atoms with Crippen LogP contribution in [-0.4, -0.2) is 102 Å². The molecule has 3 aliphatic rings. The van der Waals surface area contributed by atoms with Crippen molar-refractivity contribution in [3.05, 3.63) is 69.9 Å². The van der Waals surface area contributed by atoms with Crippen LogP contribution in [0.4, 0.5) is 4.39 Å². The number of aliphatic hydroxyl groups is 1. The number of hydrogen-bond donors (Lipinski definition) is 6. The number of carbonyl (C=O) groups is 5. The summed E-state index contributed by atoms with van der Waals surface area (Å²) in [5, 5.41) is 25.1. The number of hydrogen-bond acceptors (Lipinski definition) is 10. The molecule has 0 bridgehead atoms. The van der Waals surface area contributed by atoms with Crippen LogP contribution in [0.3, 0.4) is 0 Å². The fraction of sp³-hybridized carbons (Fsp3) is 0.535. The van der Waals surface area contributed by atoms with E-state index in [1.165, 1.54) is 27.4 Å². The molecular weight excluding hydrogens is 778 g/mol. The van der Waals surface area contributed by atoms with Gasteiger partial charge in [-0.3, -0.25) is 24.0 Å². The zero-order valence-electron chi connectivity index (χ0n) is 34.4. The number of benzene rings is 2. The molecule has 2 fully saturated rings. The Hall–Kier alpha value is -4.93. The molecule has 0 radical (unpaired) electrons. The van der Waals surface area contributed by atoms with Crippen LogP contribution in [0.2, 0.25) is 0 Å². The molecule has 14 nitrogen and oxygen atoms in total. The van der Waals surface area contributed by atoms with E-state index in [2.05, 4.69) is 31.6 Å². The summed E-state index contributed by atoms with van der Waals surface area (Å²) in [5.41, 5.74) is 4.27. The minimum absolute atomic E-state index is 0.0105. The summed E-state index contributed by atoms with van der Waals surface area (Å²) in [6.07, 6.45) is 2.54. The van der Waals surface area contributed by atoms with Crippen molar-refractivity contribution in [3.63, 3.8) is 0 Å². The van der Waals surface area contributed by atoms with Crippen LogP contribution in [-0.2, 0) is 32.1 Å². The van der Waals surface area contributed by atoms with E-state index in [1.807, 2.05) is 38.2 Å². The monoisotopic (exact) mass is 833 g/mol. The predicted molar refractivity (Wildman–Crippen MR) is 221 cm³/mol. The van der Waals surface area contributed by atoms with Crippen molar-refractivity contribution in [2.45, 2.75) is 109 Å². The highest BCUT2D eigenvalue weighted by atomic mass is 32.1. The van der Waals surface area contributed by atoms with Crippen molar-refractivity contribution in [2.24, 2.45) is 5.41 Å². The number of aryl methyl sites for hydroxylation is 2. The van der Waals surface area contributed by atoms with Gasteiger partial charge >= 0.3 is 0 Å². The molecule has 4 atom stereocenters. The first-order valence-electron chi connectivity index (χ1n) is 20.3. The first-order chi connectivity index (χ1) is 28.1. The molecule has 0 spiro atoms. The Balaban J connectivity index is 1.02. The summed E-state index contributed by atoms with van der Waals surface area (Å²) < 4.78 is 20.6. The number of ether oxygens (including phenoxy) is 1. The number of nitrogens with one attached hydrogen (secondary N) is 5. The summed E-state index contributed by atoms with van der Waals surface area (Å²) in [7, 11) is 1.93. The van der Waals surface area contributed by atoms with E-state index in [0.29, 0.717) is 42.8 Å². The lowest BCUT2D eigenvalue weighted by atomic mass is 9.85. The smallest absolute Gasteiger partial charge is 0.258 e. The van der Waals surface area contributed by atoms with E-state index in [9.17, 15) is 33.5 Å². The number of carbonyl (C=O) groups excluding carboxylic acids is 5. The number of β-amino-alcohol motifs (C(OH)–C–C–N with tert-alkyl or cyclic N) is 1. The second kappa shape index (κ2) is 18.6. The molecule has 1 saturated heterocycles. The van der Waals surface area contributed by atoms with Crippen LogP contribution in [0.15, 0.2) is 41.9 Å². The van der Waals surface area contributed by atoms with Gasteiger partial charge < -0.3 is 41.3 Å². The van der Waals surface area contributed by atoms with Gasteiger partial charge in [0, 0.05) is 49.8 Å². The van der Waals surface area contributed by atoms with Crippen molar-refractivity contribution in [2.75, 3.05) is 33.3 Å². The fourth-order valence-corrected chi connectivity index (χ4v) is 8.40. The number of halogens is 1. The van der Waals surface area contributed by atoms with Crippen molar-refractivity contribution in [1.29, 1.82) is 0 Å². The van der Waals surface area contributed by atoms with Gasteiger partial charge in [-0.15, -0.1) is 11.3 Å². The van der Waals surface area contributed by atoms with Crippen molar-refractivity contribution in [3.8, 4) is 16.2 Å². The third kappa shape index (κ3) is 10.6. The van der Waals surface area contributed by atoms with Gasteiger partial charge in [0.05, 0.1) is 22.2 Å². The van der Waals surface area contributed by atoms with E-state index in [-0.39, 0.29) is 56.8 Å². The first-order valence-corrected chi connectivity index (χ1v) is 21.2. The number of unbranched alkanes of at least 4 members (excludes halogenated alkanes) is 1. The number of rotatable bonds is 17. The Morgan fingerprint density at radius 2 is 1.80 bits per heavy atom. The molecule has 2 aliphatic carbocycles. The van der Waals surface area contributed by atoms with Crippen molar-refractivity contribution >= 4 is 40.9 Å². The molecule has 318 valence electrons. The molecule has 59 heavy (non-hydrogen) atoms. The standard InChI is InChI=1S/C43H56FN7O7S/c1-25-36(59-24-49-25)27-9-11-29(21-48-39(55)33-20-30(52)22-51(33)40(56)37(42(2,3)4)50-41(57)43(44)14-15-43)34(19-27)58-23-35(53)46-16-6-7-17-47-38(54)28-10-8-26-12-13-32(45-5)31(26)18-28/h8-11,18-19,24,30,32-33,37,45,52H,6-7,12-17,20-23H2,1-5H3,(H,46,53)(H,47,54)(H,48,55)(H,50,57)/t30-,32-,33+,37-/m1/s1. The molecule has 2 heterocycles. The zero-order valence-corrected chi connectivity index (χ0v) is 35.2. The Morgan fingerprint density at radius 3 is 2.47 bits per heavy atom. The molecule has 3 aromatic rings. The molecule has 1 aliphatic heterocycles. The van der Waals surface area contributed by atoms with Gasteiger partial charge in [0.25, 0.3) is 17.7 Å². The predicted octanol–water partition coefficient (Wildman–Crippen LogP) is 3.64. The van der Waals surface area contributed by atoms with Crippen LogP contribution in [0.25, 0.3) is 10.4 Å². The molecular formula is C43H56FN7O7S. The van der Waals surface area contributed by atoms with Gasteiger partial charge in [-0.25, -0.2) is 9.37 Å². The minimum atomic E-state index is -1.99. The second-order valence-electron chi connectivity index (χ2n) is 16.8. The molecule has 2 aromatic carbocycles. The Bertz CT molecular complexity index is 2050. The molecule has 1 saturated carbocycles. The summed E-state index contributed by atoms with van der Waals surface area (Å²) in [6, 6.07) is 9.44. The van der Waals surface area contributed by atoms with Crippen LogP contribution in [0.1, 0.15) is 98.1 Å². The highest BCUT2D eigenvalue weighted by Crippen LogP contribution is 2.40. The van der Waals surface area contributed by atoms with Gasteiger partial charge in [-0.1, -0.05) is 39.0 Å². The second-order valence-corrected chi connectivity index (χ2v) is 17.7. The van der Waals surface area contributed by atoms with Crippen LogP contribution < -0.4 is 31.3 Å². The average Bonchev–Trinajstić information content (AvgIpc) is 3.48. The van der Waals surface area contributed by atoms with E-state index in [4.69, 9.17) is 4.74 Å². The number of fused-ring (bicyclic) bond motifs is 1. The Labute approximate surface area is 348 Å². The summed E-state index contributed by atoms with van der Waals surface area (Å²) >= 11 is 1.46. The third-order valence-corrected chi connectivity index (χ3v) is 12.3. The SMILES string of the molecule is CN[C@@H]1CCc2ccc(C(=O)NCCCCNC(=O)COc3cc(-c4scnc4C)ccc3CNC(=O)[C@@H]3C[C@@H](O)CN3C(=O)[C@@H](NC(=O)C3(F)CC3)C(C)(C)C)cc21. The van der Waals surface area contributed by atoms with E-state index < -0.39 is 47.0 Å². The maximum atomic E-state index is 14.6. The summed E-state index contributed by atoms with van der Waals surface area (Å²) in [5.74, 6) is -2.03. The fourth-order valence-electron chi connectivity index (χ4n) is 7.59. The van der Waals surface area contributed by atoms with E-state index >= 15 is 0 Å². The zero-order chi connectivity index (χ0) is 42.5. The first kappa shape index (κ1) is 43.6. The highest BCUT2D eigenvalue weighted by Gasteiger charge is 2.53. The van der Waals surface area contributed by atoms with Gasteiger partial charge in [0.2, 0.25) is 11.8 Å². The molecule has 0 unspecified atom stereocenters. The van der Waals surface area contributed by atoms with Crippen molar-refractivity contribution < 1.29 is 38.2 Å². The van der Waals surface area contributed by atoms with Gasteiger partial charge in [-0.2, -0.15) is 0 Å². The number of alkyl halides is 1. The van der Waals surface area contributed by atoms with E-state index in [0.717, 1.165) is 29.0 Å². The number of amides is 5. The van der Waals surface area contributed by atoms with Gasteiger partial charge in [-0.05, 0) is 92.8 Å². The molecule has 6 rings (SSSR count). The topological polar surface area (TPSA) is 191 Å². The highest BCUT2D eigenvalue weighted by molar-refractivity contribution is 7.13. The number of aromatic nitrogens is 1. The Morgan fingerprint density at radius 1 is 1.05 bits per heavy atom. The summed E-state index contributed by atoms with van der Waals surface area (Å²) in [6.45, 7) is 7.57. The third-order valence-electron chi connectivity index (χ3n) is 11.3. The van der Waals surface area contributed by atoms with Crippen LogP contribution >= 0.6 is 11.3 Å². The van der Waals surface area contributed by atoms with Gasteiger partial charge in [0.1, 0.15) is 17.8 Å². The maximum absolute atomic E-state index is 14.6.